The molecule has 2 aliphatic rings. The van der Waals surface area contributed by atoms with E-state index in [0.717, 1.165) is 48.8 Å². The molecular formula is C36H43N11O2. The number of carbonyl (C=O) groups is 2. The number of hydrogen-bond donors (Lipinski definition) is 3. The average Bonchev–Trinajstić information content (AvgIpc) is 3.86. The van der Waals surface area contributed by atoms with Crippen LogP contribution in [0, 0.1) is 11.3 Å². The molecule has 0 saturated carbocycles. The summed E-state index contributed by atoms with van der Waals surface area (Å²) < 4.78 is 1.75. The van der Waals surface area contributed by atoms with Gasteiger partial charge in [0.2, 0.25) is 11.9 Å². The maximum atomic E-state index is 13.9. The van der Waals surface area contributed by atoms with Gasteiger partial charge in [0.25, 0.3) is 0 Å². The Balaban J connectivity index is 1.16. The second kappa shape index (κ2) is 15.1. The van der Waals surface area contributed by atoms with E-state index >= 15 is 0 Å². The van der Waals surface area contributed by atoms with E-state index in [9.17, 15) is 14.9 Å². The molecule has 1 aromatic carbocycles. The van der Waals surface area contributed by atoms with E-state index in [2.05, 4.69) is 39.0 Å². The van der Waals surface area contributed by atoms with Crippen molar-refractivity contribution in [3.05, 3.63) is 78.4 Å². The van der Waals surface area contributed by atoms with E-state index in [0.29, 0.717) is 62.2 Å². The van der Waals surface area contributed by atoms with Gasteiger partial charge in [-0.15, -0.1) is 0 Å². The van der Waals surface area contributed by atoms with Crippen LogP contribution in [0.25, 0.3) is 11.1 Å². The largest absolute Gasteiger partial charge is 0.354 e. The highest BCUT2D eigenvalue weighted by atomic mass is 16.2. The maximum Gasteiger partial charge on any atom is 0.323 e. The van der Waals surface area contributed by atoms with Crippen LogP contribution in [0.15, 0.2) is 67.3 Å². The Morgan fingerprint density at radius 1 is 1.10 bits per heavy atom. The van der Waals surface area contributed by atoms with Crippen LogP contribution in [0.4, 0.5) is 22.4 Å². The van der Waals surface area contributed by atoms with Crippen LogP contribution in [0.2, 0.25) is 0 Å². The third kappa shape index (κ3) is 7.33. The first-order chi connectivity index (χ1) is 23.9. The molecule has 3 N–H and O–H groups in total. The third-order valence-corrected chi connectivity index (χ3v) is 9.40. The Morgan fingerprint density at radius 3 is 2.65 bits per heavy atom. The summed E-state index contributed by atoms with van der Waals surface area (Å²) in [6, 6.07) is 15.6. The third-order valence-electron chi connectivity index (χ3n) is 9.40. The number of amides is 3. The molecule has 0 aliphatic carbocycles. The molecule has 0 radical (unpaired) electrons. The van der Waals surface area contributed by atoms with E-state index in [1.54, 1.807) is 22.0 Å². The average molecular weight is 662 g/mol. The molecule has 0 bridgehead atoms. The quantitative estimate of drug-likeness (QED) is 0.172. The molecule has 2 atom stereocenters. The number of rotatable bonds is 13. The highest BCUT2D eigenvalue weighted by molar-refractivity contribution is 5.93. The molecule has 6 rings (SSSR count). The summed E-state index contributed by atoms with van der Waals surface area (Å²) in [7, 11) is 1.87. The SMILES string of the molecule is CCC[C@@H](CCCNc1ncc(C#N)c(N2CCCC23CCNC3=O)n1)N(C(=O)NCc1ccccc1)c1ccc(-c2cnn(C)c2)cn1. The van der Waals surface area contributed by atoms with Crippen LogP contribution in [0.3, 0.4) is 0 Å². The first kappa shape index (κ1) is 33.4. The predicted molar refractivity (Wildman–Crippen MR) is 188 cm³/mol. The van der Waals surface area contributed by atoms with Gasteiger partial charge in [-0.3, -0.25) is 14.4 Å². The monoisotopic (exact) mass is 661 g/mol. The van der Waals surface area contributed by atoms with E-state index in [1.807, 2.05) is 60.6 Å². The fourth-order valence-corrected chi connectivity index (χ4v) is 6.95. The normalized spacial score (nSPS) is 17.5. The number of anilines is 3. The van der Waals surface area contributed by atoms with Gasteiger partial charge in [0.15, 0.2) is 5.82 Å². The molecule has 3 aromatic heterocycles. The Morgan fingerprint density at radius 2 is 1.96 bits per heavy atom. The highest BCUT2D eigenvalue weighted by Gasteiger charge is 2.51. The fourth-order valence-electron chi connectivity index (χ4n) is 6.95. The molecule has 13 heteroatoms. The highest BCUT2D eigenvalue weighted by Crippen LogP contribution is 2.39. The Bertz CT molecular complexity index is 1780. The summed E-state index contributed by atoms with van der Waals surface area (Å²) in [5, 5.41) is 23.5. The van der Waals surface area contributed by atoms with Gasteiger partial charge in [0, 0.05) is 62.8 Å². The van der Waals surface area contributed by atoms with Crippen molar-refractivity contribution < 1.29 is 9.59 Å². The summed E-state index contributed by atoms with van der Waals surface area (Å²) in [5.74, 6) is 1.50. The van der Waals surface area contributed by atoms with Crippen molar-refractivity contribution in [1.82, 2.24) is 35.4 Å². The number of nitriles is 1. The summed E-state index contributed by atoms with van der Waals surface area (Å²) in [6.45, 7) is 4.37. The van der Waals surface area contributed by atoms with Crippen LogP contribution >= 0.6 is 0 Å². The summed E-state index contributed by atoms with van der Waals surface area (Å²) in [4.78, 5) is 44.4. The molecule has 1 unspecified atom stereocenters. The van der Waals surface area contributed by atoms with Gasteiger partial charge in [-0.05, 0) is 56.2 Å². The number of urea groups is 1. The zero-order chi connectivity index (χ0) is 34.2. The van der Waals surface area contributed by atoms with Gasteiger partial charge in [-0.1, -0.05) is 43.7 Å². The van der Waals surface area contributed by atoms with Gasteiger partial charge in [0.05, 0.1) is 12.4 Å². The van der Waals surface area contributed by atoms with E-state index in [4.69, 9.17) is 9.97 Å². The number of aryl methyl sites for hydroxylation is 1. The topological polar surface area (TPSA) is 157 Å². The minimum atomic E-state index is -0.653. The number of aromatic nitrogens is 5. The minimum absolute atomic E-state index is 0.00235. The number of carbonyl (C=O) groups excluding carboxylic acids is 2. The van der Waals surface area contributed by atoms with Crippen molar-refractivity contribution in [2.75, 3.05) is 34.8 Å². The molecule has 4 aromatic rings. The number of nitrogens with one attached hydrogen (secondary N) is 3. The fraction of sp³-hybridized carbons (Fsp3) is 0.417. The smallest absolute Gasteiger partial charge is 0.323 e. The van der Waals surface area contributed by atoms with E-state index < -0.39 is 5.54 Å². The summed E-state index contributed by atoms with van der Waals surface area (Å²) >= 11 is 0. The van der Waals surface area contributed by atoms with E-state index in [-0.39, 0.29) is 18.0 Å². The van der Waals surface area contributed by atoms with Gasteiger partial charge in [-0.2, -0.15) is 15.3 Å². The second-order valence-corrected chi connectivity index (χ2v) is 12.7. The lowest BCUT2D eigenvalue weighted by molar-refractivity contribution is -0.123. The van der Waals surface area contributed by atoms with Gasteiger partial charge < -0.3 is 20.9 Å². The molecule has 254 valence electrons. The van der Waals surface area contributed by atoms with Crippen LogP contribution in [-0.2, 0) is 18.4 Å². The van der Waals surface area contributed by atoms with Crippen LogP contribution in [-0.4, -0.2) is 67.9 Å². The van der Waals surface area contributed by atoms with Crippen molar-refractivity contribution >= 4 is 29.5 Å². The predicted octanol–water partition coefficient (Wildman–Crippen LogP) is 4.78. The van der Waals surface area contributed by atoms with Crippen LogP contribution < -0.4 is 25.8 Å². The first-order valence-corrected chi connectivity index (χ1v) is 17.0. The molecule has 5 heterocycles. The van der Waals surface area contributed by atoms with Gasteiger partial charge in [-0.25, -0.2) is 14.8 Å². The molecule has 49 heavy (non-hydrogen) atoms. The standard InChI is InChI=1S/C36H43N11O2/c1-3-9-30(12-7-17-39-34-41-23-28(20-37)32(44-34)46-19-8-15-36(46)16-18-38-33(36)48)47(35(49)42-21-26-10-5-4-6-11-26)31-14-13-27(22-40-31)29-24-43-45(2)25-29/h4-6,10-11,13-14,22-25,30H,3,7-9,12,15-19,21H2,1-2H3,(H,38,48)(H,42,49)(H,39,41,44)/t30-,36?/m0/s1. The molecular weight excluding hydrogens is 618 g/mol. The Labute approximate surface area is 286 Å². The van der Waals surface area contributed by atoms with Crippen molar-refractivity contribution in [2.45, 2.75) is 70.0 Å². The van der Waals surface area contributed by atoms with Crippen molar-refractivity contribution in [2.24, 2.45) is 7.05 Å². The lowest BCUT2D eigenvalue weighted by Crippen LogP contribution is -2.50. The van der Waals surface area contributed by atoms with Gasteiger partial charge >= 0.3 is 6.03 Å². The van der Waals surface area contributed by atoms with E-state index in [1.165, 1.54) is 6.20 Å². The molecule has 13 nitrogen and oxygen atoms in total. The van der Waals surface area contributed by atoms with Crippen molar-refractivity contribution in [3.63, 3.8) is 0 Å². The minimum Gasteiger partial charge on any atom is -0.354 e. The summed E-state index contributed by atoms with van der Waals surface area (Å²) in [6.07, 6.45) is 12.5. The number of hydrogen-bond acceptors (Lipinski definition) is 9. The number of pyridine rings is 1. The zero-order valence-corrected chi connectivity index (χ0v) is 28.1. The lowest BCUT2D eigenvalue weighted by atomic mass is 9.94. The van der Waals surface area contributed by atoms with Crippen molar-refractivity contribution in [3.8, 4) is 17.2 Å². The Hall–Kier alpha value is -5.51. The lowest BCUT2D eigenvalue weighted by Gasteiger charge is -2.33. The number of benzene rings is 1. The molecule has 2 saturated heterocycles. The molecule has 1 spiro atoms. The molecule has 2 fully saturated rings. The first-order valence-electron chi connectivity index (χ1n) is 17.0. The molecule has 2 aliphatic heterocycles. The summed E-state index contributed by atoms with van der Waals surface area (Å²) in [5.41, 5.74) is 2.60. The molecule has 3 amide bonds. The maximum absolute atomic E-state index is 13.9. The van der Waals surface area contributed by atoms with Crippen LogP contribution in [0.5, 0.6) is 0 Å². The number of nitrogens with zero attached hydrogens (tertiary/aromatic N) is 8. The Kier molecular flexibility index (Phi) is 10.3. The van der Waals surface area contributed by atoms with Crippen LogP contribution in [0.1, 0.15) is 63.0 Å². The van der Waals surface area contributed by atoms with Gasteiger partial charge in [0.1, 0.15) is 23.0 Å². The second-order valence-electron chi connectivity index (χ2n) is 12.7. The zero-order valence-electron chi connectivity index (χ0n) is 28.1. The van der Waals surface area contributed by atoms with Crippen molar-refractivity contribution in [1.29, 1.82) is 5.26 Å².